The number of nitrogens with zero attached hydrogens (tertiary/aromatic N) is 2. The Morgan fingerprint density at radius 1 is 1.23 bits per heavy atom. The monoisotopic (exact) mass is 525 g/mol. The van der Waals surface area contributed by atoms with E-state index in [0.29, 0.717) is 12.5 Å². The van der Waals surface area contributed by atoms with Crippen LogP contribution in [-0.4, -0.2) is 50.3 Å². The van der Waals surface area contributed by atoms with Gasteiger partial charge in [0.05, 0.1) is 25.5 Å². The summed E-state index contributed by atoms with van der Waals surface area (Å²) in [6.07, 6.45) is 4.60. The largest absolute Gasteiger partial charge is 0.493 e. The number of para-hydroxylation sites is 1. The average molecular weight is 525 g/mol. The van der Waals surface area contributed by atoms with E-state index in [1.54, 1.807) is 6.26 Å². The maximum atomic E-state index is 5.83. The van der Waals surface area contributed by atoms with E-state index in [1.165, 1.54) is 5.56 Å². The molecule has 1 aromatic heterocycles. The van der Waals surface area contributed by atoms with E-state index in [2.05, 4.69) is 29.3 Å². The van der Waals surface area contributed by atoms with Gasteiger partial charge in [0.25, 0.3) is 0 Å². The van der Waals surface area contributed by atoms with Crippen molar-refractivity contribution < 1.29 is 13.9 Å². The number of nitrogens with one attached hydrogen (secondary N) is 1. The Kier molecular flexibility index (Phi) is 8.87. The highest BCUT2D eigenvalue weighted by atomic mass is 127. The van der Waals surface area contributed by atoms with Crippen molar-refractivity contribution in [2.45, 2.75) is 32.2 Å². The molecule has 2 aliphatic heterocycles. The van der Waals surface area contributed by atoms with Gasteiger partial charge in [0.2, 0.25) is 0 Å². The maximum absolute atomic E-state index is 5.83. The third kappa shape index (κ3) is 5.91. The number of aliphatic imine (C=N–C) groups is 1. The molecule has 1 saturated heterocycles. The topological polar surface area (TPSA) is 59.2 Å². The fourth-order valence-corrected chi connectivity index (χ4v) is 4.06. The Balaban J connectivity index is 0.00000256. The molecule has 6 nitrogen and oxygen atoms in total. The second-order valence-corrected chi connectivity index (χ2v) is 7.67. The number of guanidine groups is 1. The number of furan rings is 1. The first-order chi connectivity index (χ1) is 14.3. The number of hydrogen-bond acceptors (Lipinski definition) is 4. The molecule has 0 amide bonds. The van der Waals surface area contributed by atoms with Crippen LogP contribution in [0.25, 0.3) is 0 Å². The van der Waals surface area contributed by atoms with Crippen LogP contribution in [-0.2, 0) is 11.2 Å². The smallest absolute Gasteiger partial charge is 0.194 e. The minimum absolute atomic E-state index is 0. The van der Waals surface area contributed by atoms with Crippen molar-refractivity contribution in [3.63, 3.8) is 0 Å². The van der Waals surface area contributed by atoms with E-state index >= 15 is 0 Å². The zero-order valence-corrected chi connectivity index (χ0v) is 19.9. The number of likely N-dealkylation sites (tertiary alicyclic amines) is 1. The van der Waals surface area contributed by atoms with Gasteiger partial charge >= 0.3 is 0 Å². The molecule has 1 fully saturated rings. The summed E-state index contributed by atoms with van der Waals surface area (Å²) in [6.45, 7) is 7.07. The molecule has 4 rings (SSSR count). The third-order valence-corrected chi connectivity index (χ3v) is 5.60. The molecule has 3 heterocycles. The van der Waals surface area contributed by atoms with E-state index in [4.69, 9.17) is 18.9 Å². The third-order valence-electron chi connectivity index (χ3n) is 5.60. The molecule has 2 unspecified atom stereocenters. The van der Waals surface area contributed by atoms with Crippen LogP contribution in [0, 0.1) is 5.92 Å². The highest BCUT2D eigenvalue weighted by Crippen LogP contribution is 2.32. The molecule has 0 spiro atoms. The molecule has 0 saturated carbocycles. The number of hydrogen-bond donors (Lipinski definition) is 1. The van der Waals surface area contributed by atoms with Gasteiger partial charge in [-0.15, -0.1) is 24.0 Å². The summed E-state index contributed by atoms with van der Waals surface area (Å²) in [6, 6.07) is 12.4. The number of ether oxygens (including phenoxy) is 2. The minimum Gasteiger partial charge on any atom is -0.493 e. The molecule has 164 valence electrons. The standard InChI is InChI=1S/C23H31N3O3.HI/c1-2-27-17-18-10-13-26(16-18)23(24-12-9-19-6-5-14-28-19)25-21-11-15-29-22-8-4-3-7-20(21)22;/h3-8,14,18,21H,2,9-13,15-17H2,1H3,(H,24,25);1H. The fraction of sp³-hybridized carbons (Fsp3) is 0.522. The van der Waals surface area contributed by atoms with Crippen LogP contribution in [0.5, 0.6) is 5.75 Å². The lowest BCUT2D eigenvalue weighted by Crippen LogP contribution is -2.43. The summed E-state index contributed by atoms with van der Waals surface area (Å²) in [7, 11) is 0. The molecule has 0 aliphatic carbocycles. The minimum atomic E-state index is 0. The summed E-state index contributed by atoms with van der Waals surface area (Å²) in [5.41, 5.74) is 1.21. The lowest BCUT2D eigenvalue weighted by Gasteiger charge is -2.31. The average Bonchev–Trinajstić information content (AvgIpc) is 3.44. The number of rotatable bonds is 7. The van der Waals surface area contributed by atoms with Crippen LogP contribution in [0.2, 0.25) is 0 Å². The Labute approximate surface area is 196 Å². The lowest BCUT2D eigenvalue weighted by molar-refractivity contribution is 0.114. The highest BCUT2D eigenvalue weighted by Gasteiger charge is 2.28. The van der Waals surface area contributed by atoms with Gasteiger partial charge in [-0.1, -0.05) is 18.2 Å². The van der Waals surface area contributed by atoms with E-state index < -0.39 is 0 Å². The first-order valence-corrected chi connectivity index (χ1v) is 10.7. The van der Waals surface area contributed by atoms with Crippen molar-refractivity contribution in [2.24, 2.45) is 10.9 Å². The summed E-state index contributed by atoms with van der Waals surface area (Å²) in [5.74, 6) is 3.49. The molecule has 1 aromatic carbocycles. The Hall–Kier alpha value is -1.74. The van der Waals surface area contributed by atoms with Crippen molar-refractivity contribution in [3.8, 4) is 5.75 Å². The van der Waals surface area contributed by atoms with Gasteiger partial charge in [0.15, 0.2) is 5.96 Å². The lowest BCUT2D eigenvalue weighted by atomic mass is 10.0. The van der Waals surface area contributed by atoms with Crippen molar-refractivity contribution in [3.05, 3.63) is 54.0 Å². The van der Waals surface area contributed by atoms with Crippen LogP contribution in [0.1, 0.15) is 37.1 Å². The molecule has 7 heteroatoms. The second kappa shape index (κ2) is 11.6. The number of fused-ring (bicyclic) bond motifs is 1. The van der Waals surface area contributed by atoms with Crippen molar-refractivity contribution >= 4 is 29.9 Å². The summed E-state index contributed by atoms with van der Waals surface area (Å²) < 4.78 is 16.9. The summed E-state index contributed by atoms with van der Waals surface area (Å²) in [4.78, 5) is 7.33. The Morgan fingerprint density at radius 2 is 2.13 bits per heavy atom. The van der Waals surface area contributed by atoms with Gasteiger partial charge in [0, 0.05) is 50.6 Å². The molecule has 1 N–H and O–H groups in total. The van der Waals surface area contributed by atoms with Crippen LogP contribution in [0.3, 0.4) is 0 Å². The molecule has 30 heavy (non-hydrogen) atoms. The van der Waals surface area contributed by atoms with Crippen LogP contribution in [0.15, 0.2) is 52.1 Å². The zero-order valence-electron chi connectivity index (χ0n) is 17.6. The first kappa shape index (κ1) is 22.9. The van der Waals surface area contributed by atoms with Gasteiger partial charge in [0.1, 0.15) is 11.5 Å². The first-order valence-electron chi connectivity index (χ1n) is 10.7. The Morgan fingerprint density at radius 3 is 2.97 bits per heavy atom. The van der Waals surface area contributed by atoms with Gasteiger partial charge in [-0.3, -0.25) is 4.99 Å². The van der Waals surface area contributed by atoms with E-state index in [9.17, 15) is 0 Å². The zero-order chi connectivity index (χ0) is 19.9. The van der Waals surface area contributed by atoms with E-state index in [1.807, 2.05) is 24.3 Å². The van der Waals surface area contributed by atoms with Crippen molar-refractivity contribution in [1.29, 1.82) is 0 Å². The molecular formula is C23H32IN3O3. The normalized spacial score (nSPS) is 21.0. The highest BCUT2D eigenvalue weighted by molar-refractivity contribution is 14.0. The SMILES string of the molecule is CCOCC1CCN(C(=NCCc2ccco2)NC2CCOc3ccccc32)C1.I. The predicted octanol–water partition coefficient (Wildman–Crippen LogP) is 4.27. The van der Waals surface area contributed by atoms with Gasteiger partial charge in [-0.05, 0) is 31.5 Å². The second-order valence-electron chi connectivity index (χ2n) is 7.67. The fourth-order valence-electron chi connectivity index (χ4n) is 4.06. The molecule has 2 aliphatic rings. The quantitative estimate of drug-likeness (QED) is 0.333. The molecular weight excluding hydrogens is 493 g/mol. The molecule has 2 atom stereocenters. The van der Waals surface area contributed by atoms with Crippen LogP contribution >= 0.6 is 24.0 Å². The summed E-state index contributed by atoms with van der Waals surface area (Å²) >= 11 is 0. The molecule has 0 radical (unpaired) electrons. The van der Waals surface area contributed by atoms with Gasteiger partial charge in [-0.25, -0.2) is 0 Å². The van der Waals surface area contributed by atoms with Crippen LogP contribution in [0.4, 0.5) is 0 Å². The Bertz CT molecular complexity index is 797. The van der Waals surface area contributed by atoms with Crippen molar-refractivity contribution in [1.82, 2.24) is 10.2 Å². The summed E-state index contributed by atoms with van der Waals surface area (Å²) in [5, 5.41) is 3.74. The van der Waals surface area contributed by atoms with E-state index in [0.717, 1.165) is 69.6 Å². The number of benzene rings is 1. The maximum Gasteiger partial charge on any atom is 0.194 e. The van der Waals surface area contributed by atoms with Crippen LogP contribution < -0.4 is 10.1 Å². The molecule has 2 aromatic rings. The predicted molar refractivity (Wildman–Crippen MR) is 129 cm³/mol. The van der Waals surface area contributed by atoms with Gasteiger partial charge < -0.3 is 24.1 Å². The van der Waals surface area contributed by atoms with Crippen molar-refractivity contribution in [2.75, 3.05) is 39.5 Å². The van der Waals surface area contributed by atoms with Gasteiger partial charge in [-0.2, -0.15) is 0 Å². The molecule has 0 bridgehead atoms. The number of halogens is 1. The van der Waals surface area contributed by atoms with E-state index in [-0.39, 0.29) is 30.0 Å².